The molecule has 0 aromatic carbocycles. The van der Waals surface area contributed by atoms with Crippen molar-refractivity contribution in [3.05, 3.63) is 0 Å². The van der Waals surface area contributed by atoms with Crippen LogP contribution in [0.3, 0.4) is 0 Å². The van der Waals surface area contributed by atoms with Gasteiger partial charge in [-0.25, -0.2) is 0 Å². The fourth-order valence-electron chi connectivity index (χ4n) is 3.05. The van der Waals surface area contributed by atoms with Crippen molar-refractivity contribution in [2.24, 2.45) is 39.9 Å². The number of carbonyl (C=O) groups excluding carboxylic acids is 3. The molecule has 0 aliphatic heterocycles. The number of aldehydes is 1. The molecule has 0 heterocycles. The Morgan fingerprint density at radius 1 is 1.13 bits per heavy atom. The molecule has 0 saturated heterocycles. The monoisotopic (exact) mass is 444 g/mol. The van der Waals surface area contributed by atoms with Crippen LogP contribution < -0.4 is 27.8 Å². The van der Waals surface area contributed by atoms with Gasteiger partial charge in [0.2, 0.25) is 11.8 Å². The third kappa shape index (κ3) is 13.6. The summed E-state index contributed by atoms with van der Waals surface area (Å²) in [6.07, 6.45) is 2.46. The predicted molar refractivity (Wildman–Crippen MR) is 119 cm³/mol. The van der Waals surface area contributed by atoms with Crippen molar-refractivity contribution >= 4 is 24.1 Å². The van der Waals surface area contributed by atoms with E-state index in [1.807, 2.05) is 13.8 Å². The maximum atomic E-state index is 12.7. The van der Waals surface area contributed by atoms with Gasteiger partial charge in [0, 0.05) is 12.5 Å². The second-order valence-electron chi connectivity index (χ2n) is 8.13. The van der Waals surface area contributed by atoms with E-state index in [4.69, 9.17) is 27.0 Å². The van der Waals surface area contributed by atoms with Crippen LogP contribution in [-0.4, -0.2) is 67.7 Å². The molecule has 9 N–H and O–H groups in total. The van der Waals surface area contributed by atoms with E-state index in [0.717, 1.165) is 0 Å². The highest BCUT2D eigenvalue weighted by Gasteiger charge is 2.27. The van der Waals surface area contributed by atoms with Crippen LogP contribution in [0.25, 0.3) is 0 Å². The lowest BCUT2D eigenvalue weighted by Crippen LogP contribution is -2.51. The summed E-state index contributed by atoms with van der Waals surface area (Å²) in [5, 5.41) is 14.2. The zero-order valence-electron chi connectivity index (χ0n) is 18.9. The largest absolute Gasteiger partial charge is 0.371 e. The van der Waals surface area contributed by atoms with Gasteiger partial charge in [-0.1, -0.05) is 20.8 Å². The van der Waals surface area contributed by atoms with Crippen molar-refractivity contribution in [1.29, 1.82) is 0 Å². The van der Waals surface area contributed by atoms with Gasteiger partial charge in [0.05, 0.1) is 12.6 Å². The Morgan fingerprint density at radius 3 is 2.32 bits per heavy atom. The van der Waals surface area contributed by atoms with Crippen molar-refractivity contribution in [3.63, 3.8) is 0 Å². The lowest BCUT2D eigenvalue weighted by Gasteiger charge is -2.25. The summed E-state index contributed by atoms with van der Waals surface area (Å²) in [6.45, 7) is 6.15. The highest BCUT2D eigenvalue weighted by molar-refractivity contribution is 5.89. The second kappa shape index (κ2) is 16.5. The summed E-state index contributed by atoms with van der Waals surface area (Å²) in [4.78, 5) is 40.6. The highest BCUT2D eigenvalue weighted by atomic mass is 16.6. The molecular formula is C20H40N6O5. The molecular weight excluding hydrogens is 404 g/mol. The van der Waals surface area contributed by atoms with Gasteiger partial charge in [0.25, 0.3) is 0 Å². The topological polar surface area (TPSA) is 195 Å². The van der Waals surface area contributed by atoms with E-state index in [2.05, 4.69) is 15.6 Å². The van der Waals surface area contributed by atoms with Crippen LogP contribution in [-0.2, 0) is 19.1 Å². The zero-order valence-corrected chi connectivity index (χ0v) is 18.9. The summed E-state index contributed by atoms with van der Waals surface area (Å²) >= 11 is 0. The quantitative estimate of drug-likeness (QED) is 0.0530. The third-order valence-corrected chi connectivity index (χ3v) is 4.71. The molecule has 11 heteroatoms. The van der Waals surface area contributed by atoms with E-state index in [1.165, 1.54) is 0 Å². The number of guanidine groups is 1. The standard InChI is InChI=1S/C20H40N6O5/c1-13(2)7-17(19(30)25-16(10-27)5-4-6-24-20(22)23)26-18(29)14(3)8-15(9-21)11-31-12-28/h10,13-17,28H,4-9,11-12,21H2,1-3H3,(H,25,30)(H,26,29)(H4,22,23,24). The first-order chi connectivity index (χ1) is 14.6. The van der Waals surface area contributed by atoms with Crippen LogP contribution in [0.15, 0.2) is 4.99 Å². The minimum Gasteiger partial charge on any atom is -0.371 e. The van der Waals surface area contributed by atoms with Crippen LogP contribution in [0.1, 0.15) is 46.5 Å². The van der Waals surface area contributed by atoms with Gasteiger partial charge in [-0.15, -0.1) is 0 Å². The van der Waals surface area contributed by atoms with Gasteiger partial charge >= 0.3 is 0 Å². The molecule has 0 saturated carbocycles. The van der Waals surface area contributed by atoms with Crippen LogP contribution in [0, 0.1) is 17.8 Å². The third-order valence-electron chi connectivity index (χ3n) is 4.71. The van der Waals surface area contributed by atoms with Gasteiger partial charge in [-0.3, -0.25) is 14.6 Å². The first-order valence-electron chi connectivity index (χ1n) is 10.6. The molecule has 0 spiro atoms. The molecule has 4 atom stereocenters. The van der Waals surface area contributed by atoms with Crippen molar-refractivity contribution in [3.8, 4) is 0 Å². The number of amides is 2. The van der Waals surface area contributed by atoms with Crippen molar-refractivity contribution < 1.29 is 24.2 Å². The summed E-state index contributed by atoms with van der Waals surface area (Å²) in [5.74, 6) is -1.06. The van der Waals surface area contributed by atoms with E-state index in [0.29, 0.717) is 45.1 Å². The number of nitrogens with zero attached hydrogens (tertiary/aromatic N) is 1. The number of ether oxygens (including phenoxy) is 1. The van der Waals surface area contributed by atoms with Crippen LogP contribution >= 0.6 is 0 Å². The fraction of sp³-hybridized carbons (Fsp3) is 0.800. The maximum absolute atomic E-state index is 12.7. The summed E-state index contributed by atoms with van der Waals surface area (Å²) in [5.41, 5.74) is 16.2. The highest BCUT2D eigenvalue weighted by Crippen LogP contribution is 2.14. The number of hydrogen-bond acceptors (Lipinski definition) is 7. The first kappa shape index (κ1) is 28.8. The van der Waals surface area contributed by atoms with Crippen molar-refractivity contribution in [2.45, 2.75) is 58.5 Å². The molecule has 0 aliphatic carbocycles. The minimum atomic E-state index is -0.764. The predicted octanol–water partition coefficient (Wildman–Crippen LogP) is -1.18. The van der Waals surface area contributed by atoms with Gasteiger partial charge < -0.3 is 42.5 Å². The van der Waals surface area contributed by atoms with E-state index in [-0.39, 0.29) is 30.3 Å². The molecule has 0 radical (unpaired) electrons. The number of nitrogens with two attached hydrogens (primary N) is 3. The summed E-state index contributed by atoms with van der Waals surface area (Å²) in [7, 11) is 0. The maximum Gasteiger partial charge on any atom is 0.243 e. The number of aliphatic imine (C=N–C) groups is 1. The number of carbonyl (C=O) groups is 3. The Bertz CT molecular complexity index is 568. The van der Waals surface area contributed by atoms with Crippen molar-refractivity contribution in [2.75, 3.05) is 26.5 Å². The van der Waals surface area contributed by atoms with Crippen LogP contribution in [0.2, 0.25) is 0 Å². The molecule has 180 valence electrons. The molecule has 0 aliphatic rings. The van der Waals surface area contributed by atoms with Gasteiger partial charge in [-0.2, -0.15) is 0 Å². The van der Waals surface area contributed by atoms with Gasteiger partial charge in [0.15, 0.2) is 5.96 Å². The Balaban J connectivity index is 4.90. The SMILES string of the molecule is CC(C)CC(NC(=O)C(C)CC(CN)COCO)C(=O)NC(C=O)CCCN=C(N)N. The average Bonchev–Trinajstić information content (AvgIpc) is 2.71. The summed E-state index contributed by atoms with van der Waals surface area (Å²) < 4.78 is 4.97. The molecule has 4 unspecified atom stereocenters. The Hall–Kier alpha value is -2.24. The van der Waals surface area contributed by atoms with E-state index < -0.39 is 30.7 Å². The molecule has 0 aromatic rings. The molecule has 0 aromatic heterocycles. The number of aliphatic hydroxyl groups excluding tert-OH is 1. The zero-order chi connectivity index (χ0) is 23.8. The normalized spacial score (nSPS) is 14.9. The number of rotatable bonds is 17. The number of nitrogens with one attached hydrogen (secondary N) is 2. The number of hydrogen-bond donors (Lipinski definition) is 6. The van der Waals surface area contributed by atoms with Gasteiger partial charge in [0.1, 0.15) is 19.1 Å². The van der Waals surface area contributed by atoms with E-state index in [9.17, 15) is 14.4 Å². The minimum absolute atomic E-state index is 0.0275. The molecule has 0 fully saturated rings. The van der Waals surface area contributed by atoms with Crippen LogP contribution in [0.4, 0.5) is 0 Å². The molecule has 0 bridgehead atoms. The lowest BCUT2D eigenvalue weighted by molar-refractivity contribution is -0.132. The van der Waals surface area contributed by atoms with E-state index in [1.54, 1.807) is 6.92 Å². The Morgan fingerprint density at radius 2 is 1.81 bits per heavy atom. The Kier molecular flexibility index (Phi) is 15.3. The smallest absolute Gasteiger partial charge is 0.243 e. The average molecular weight is 445 g/mol. The van der Waals surface area contributed by atoms with E-state index >= 15 is 0 Å². The first-order valence-corrected chi connectivity index (χ1v) is 10.6. The van der Waals surface area contributed by atoms with Crippen molar-refractivity contribution in [1.82, 2.24) is 10.6 Å². The Labute approximate surface area is 184 Å². The molecule has 0 rings (SSSR count). The lowest BCUT2D eigenvalue weighted by atomic mass is 9.94. The molecule has 2 amide bonds. The molecule has 31 heavy (non-hydrogen) atoms. The van der Waals surface area contributed by atoms with Crippen LogP contribution in [0.5, 0.6) is 0 Å². The van der Waals surface area contributed by atoms with Gasteiger partial charge in [-0.05, 0) is 44.1 Å². The molecule has 11 nitrogen and oxygen atoms in total. The number of aliphatic hydroxyl groups is 1. The summed E-state index contributed by atoms with van der Waals surface area (Å²) in [6, 6.07) is -1.46. The second-order valence-corrected chi connectivity index (χ2v) is 8.13. The fourth-order valence-corrected chi connectivity index (χ4v) is 3.05.